The second-order valence-corrected chi connectivity index (χ2v) is 6.59. The summed E-state index contributed by atoms with van der Waals surface area (Å²) in [4.78, 5) is -0.0267. The van der Waals surface area contributed by atoms with Crippen LogP contribution in [0.25, 0.3) is 0 Å². The fourth-order valence-electron chi connectivity index (χ4n) is 0.922. The molecule has 1 aromatic carbocycles. The van der Waals surface area contributed by atoms with Gasteiger partial charge in [0.1, 0.15) is 0 Å². The first kappa shape index (κ1) is 10.6. The molecular weight excluding hydrogens is 207 g/mol. The number of hydrogen-bond donors (Lipinski definition) is 1. The Labute approximate surface area is 79.3 Å². The fraction of sp³-hybridized carbons (Fsp3) is 0.250. The van der Waals surface area contributed by atoms with Crippen LogP contribution in [-0.2, 0) is 10.1 Å². The Morgan fingerprint density at radius 2 is 1.92 bits per heavy atom. The Balaban J connectivity index is 3.21. The van der Waals surface area contributed by atoms with Gasteiger partial charge in [-0.05, 0) is 30.8 Å². The number of benzene rings is 1. The maximum absolute atomic E-state index is 10.8. The zero-order valence-electron chi connectivity index (χ0n) is 7.43. The van der Waals surface area contributed by atoms with Crippen LogP contribution in [0.1, 0.15) is 0 Å². The van der Waals surface area contributed by atoms with Gasteiger partial charge in [-0.25, -0.2) is 0 Å². The van der Waals surface area contributed by atoms with Crippen molar-refractivity contribution in [3.8, 4) is 0 Å². The van der Waals surface area contributed by atoms with Gasteiger partial charge in [0.2, 0.25) is 0 Å². The van der Waals surface area contributed by atoms with Crippen molar-refractivity contribution >= 4 is 23.3 Å². The van der Waals surface area contributed by atoms with Crippen LogP contribution in [0, 0.1) is 0 Å². The van der Waals surface area contributed by atoms with E-state index in [1.807, 2.05) is 19.4 Å². The highest BCUT2D eigenvalue weighted by molar-refractivity contribution is 7.85. The molecule has 1 N–H and O–H groups in total. The lowest BCUT2D eigenvalue weighted by atomic mass is 10.4. The Morgan fingerprint density at radius 3 is 2.38 bits per heavy atom. The zero-order chi connectivity index (χ0) is 10.1. The van der Waals surface area contributed by atoms with Crippen LogP contribution in [0.4, 0.5) is 0 Å². The molecule has 1 rings (SSSR count). The van der Waals surface area contributed by atoms with E-state index in [2.05, 4.69) is 0 Å². The summed E-state index contributed by atoms with van der Waals surface area (Å²) >= 11 is 0. The van der Waals surface area contributed by atoms with Crippen molar-refractivity contribution in [3.05, 3.63) is 24.3 Å². The average molecular weight is 218 g/mol. The van der Waals surface area contributed by atoms with Gasteiger partial charge in [-0.1, -0.05) is 20.1 Å². The predicted molar refractivity (Wildman–Crippen MR) is 54.7 cm³/mol. The van der Waals surface area contributed by atoms with Gasteiger partial charge < -0.3 is 0 Å². The molecule has 0 aliphatic rings. The molecule has 0 saturated carbocycles. The third-order valence-electron chi connectivity index (χ3n) is 1.63. The van der Waals surface area contributed by atoms with Gasteiger partial charge >= 0.3 is 0 Å². The molecule has 3 nitrogen and oxygen atoms in total. The first-order valence-electron chi connectivity index (χ1n) is 3.66. The molecule has 72 valence electrons. The number of rotatable bonds is 2. The van der Waals surface area contributed by atoms with Crippen LogP contribution in [0.15, 0.2) is 29.2 Å². The first-order valence-corrected chi connectivity index (χ1v) is 7.34. The standard InChI is InChI=1S/C8H11O3PS/c1-12(2)7-4-3-5-8(6-7)13(9,10)11/h3-6H,1-2H3,(H,9,10,11). The largest absolute Gasteiger partial charge is 0.294 e. The maximum atomic E-state index is 10.8. The van der Waals surface area contributed by atoms with E-state index >= 15 is 0 Å². The summed E-state index contributed by atoms with van der Waals surface area (Å²) in [6.45, 7) is 4.05. The minimum Gasteiger partial charge on any atom is -0.282 e. The van der Waals surface area contributed by atoms with Gasteiger partial charge in [-0.15, -0.1) is 0 Å². The van der Waals surface area contributed by atoms with Gasteiger partial charge in [0.15, 0.2) is 0 Å². The van der Waals surface area contributed by atoms with E-state index in [0.717, 1.165) is 5.30 Å². The highest BCUT2D eigenvalue weighted by Crippen LogP contribution is 2.24. The molecule has 0 bridgehead atoms. The van der Waals surface area contributed by atoms with E-state index in [-0.39, 0.29) is 12.8 Å². The van der Waals surface area contributed by atoms with Crippen molar-refractivity contribution in [2.24, 2.45) is 0 Å². The van der Waals surface area contributed by atoms with Crippen LogP contribution in [0.2, 0.25) is 0 Å². The molecule has 0 heterocycles. The topological polar surface area (TPSA) is 54.4 Å². The lowest BCUT2D eigenvalue weighted by molar-refractivity contribution is 0.483. The highest BCUT2D eigenvalue weighted by atomic mass is 32.2. The van der Waals surface area contributed by atoms with Crippen LogP contribution >= 0.6 is 7.92 Å². The molecule has 0 amide bonds. The van der Waals surface area contributed by atoms with Crippen LogP contribution < -0.4 is 5.30 Å². The van der Waals surface area contributed by atoms with Crippen molar-refractivity contribution in [2.75, 3.05) is 13.3 Å². The van der Waals surface area contributed by atoms with E-state index in [0.29, 0.717) is 0 Å². The van der Waals surface area contributed by atoms with E-state index in [1.54, 1.807) is 6.07 Å². The molecule has 0 aliphatic heterocycles. The van der Waals surface area contributed by atoms with Crippen LogP contribution in [0.5, 0.6) is 0 Å². The van der Waals surface area contributed by atoms with Crippen molar-refractivity contribution in [1.82, 2.24) is 0 Å². The summed E-state index contributed by atoms with van der Waals surface area (Å²) in [6, 6.07) is 6.40. The maximum Gasteiger partial charge on any atom is 0.294 e. The lowest BCUT2D eigenvalue weighted by Crippen LogP contribution is -2.04. The Kier molecular flexibility index (Phi) is 3.06. The molecule has 0 aliphatic carbocycles. The van der Waals surface area contributed by atoms with Crippen LogP contribution in [0.3, 0.4) is 0 Å². The van der Waals surface area contributed by atoms with Gasteiger partial charge in [0.05, 0.1) is 4.90 Å². The Hall–Kier alpha value is -0.440. The lowest BCUT2D eigenvalue weighted by Gasteiger charge is -2.06. The third-order valence-corrected chi connectivity index (χ3v) is 3.79. The smallest absolute Gasteiger partial charge is 0.282 e. The Morgan fingerprint density at radius 1 is 1.31 bits per heavy atom. The molecule has 5 heteroatoms. The molecule has 0 saturated heterocycles. The molecular formula is C8H11O3PS. The summed E-state index contributed by atoms with van der Waals surface area (Å²) < 4.78 is 30.3. The molecule has 0 atom stereocenters. The van der Waals surface area contributed by atoms with Crippen molar-refractivity contribution < 1.29 is 13.0 Å². The highest BCUT2D eigenvalue weighted by Gasteiger charge is 2.10. The summed E-state index contributed by atoms with van der Waals surface area (Å²) in [7, 11) is -4.38. The molecule has 0 radical (unpaired) electrons. The summed E-state index contributed by atoms with van der Waals surface area (Å²) in [5.41, 5.74) is 0. The summed E-state index contributed by atoms with van der Waals surface area (Å²) in [6.07, 6.45) is 0. The molecule has 0 aromatic heterocycles. The zero-order valence-corrected chi connectivity index (χ0v) is 9.14. The quantitative estimate of drug-likeness (QED) is 0.601. The van der Waals surface area contributed by atoms with E-state index in [9.17, 15) is 8.42 Å². The third kappa shape index (κ3) is 2.76. The van der Waals surface area contributed by atoms with E-state index in [1.165, 1.54) is 12.1 Å². The SMILES string of the molecule is CP(C)c1cccc(S(=O)(=O)O)c1. The van der Waals surface area contributed by atoms with Crippen molar-refractivity contribution in [3.63, 3.8) is 0 Å². The fourth-order valence-corrected chi connectivity index (χ4v) is 2.32. The van der Waals surface area contributed by atoms with E-state index < -0.39 is 10.1 Å². The van der Waals surface area contributed by atoms with Gasteiger partial charge in [0, 0.05) is 0 Å². The Bertz CT molecular complexity index is 398. The molecule has 1 aromatic rings. The van der Waals surface area contributed by atoms with Crippen LogP contribution in [-0.4, -0.2) is 26.3 Å². The normalized spacial score (nSPS) is 12.0. The molecule has 0 fully saturated rings. The van der Waals surface area contributed by atoms with Crippen molar-refractivity contribution in [1.29, 1.82) is 0 Å². The monoisotopic (exact) mass is 218 g/mol. The minimum atomic E-state index is -4.05. The molecule has 0 spiro atoms. The summed E-state index contributed by atoms with van der Waals surface area (Å²) in [5.74, 6) is 0. The van der Waals surface area contributed by atoms with Gasteiger partial charge in [-0.3, -0.25) is 4.55 Å². The minimum absolute atomic E-state index is 0.0267. The van der Waals surface area contributed by atoms with Crippen molar-refractivity contribution in [2.45, 2.75) is 4.90 Å². The van der Waals surface area contributed by atoms with Gasteiger partial charge in [-0.2, -0.15) is 8.42 Å². The molecule has 13 heavy (non-hydrogen) atoms. The number of hydrogen-bond acceptors (Lipinski definition) is 2. The second kappa shape index (κ2) is 3.74. The first-order chi connectivity index (χ1) is 5.91. The molecule has 0 unspecified atom stereocenters. The average Bonchev–Trinajstić information content (AvgIpc) is 2.03. The second-order valence-electron chi connectivity index (χ2n) is 2.87. The summed E-state index contributed by atoms with van der Waals surface area (Å²) in [5, 5.41) is 0.963. The predicted octanol–water partition coefficient (Wildman–Crippen LogP) is 1.30. The van der Waals surface area contributed by atoms with E-state index in [4.69, 9.17) is 4.55 Å². The van der Waals surface area contributed by atoms with Gasteiger partial charge in [0.25, 0.3) is 10.1 Å².